The summed E-state index contributed by atoms with van der Waals surface area (Å²) in [4.78, 5) is 24.4. The third kappa shape index (κ3) is 3.83. The van der Waals surface area contributed by atoms with E-state index in [0.29, 0.717) is 6.54 Å². The highest BCUT2D eigenvalue weighted by atomic mass is 16.2. The Kier molecular flexibility index (Phi) is 5.12. The van der Waals surface area contributed by atoms with Crippen molar-refractivity contribution >= 4 is 22.7 Å². The van der Waals surface area contributed by atoms with Gasteiger partial charge in [0.1, 0.15) is 0 Å². The van der Waals surface area contributed by atoms with Crippen molar-refractivity contribution < 1.29 is 9.59 Å². The average molecular weight is 299 g/mol. The van der Waals surface area contributed by atoms with Crippen molar-refractivity contribution in [2.45, 2.75) is 19.4 Å². The van der Waals surface area contributed by atoms with Crippen LogP contribution in [0.1, 0.15) is 12.5 Å². The third-order valence-corrected chi connectivity index (χ3v) is 3.90. The van der Waals surface area contributed by atoms with Gasteiger partial charge in [-0.05, 0) is 36.7 Å². The van der Waals surface area contributed by atoms with Gasteiger partial charge in [0.25, 0.3) is 0 Å². The Morgan fingerprint density at radius 3 is 2.59 bits per heavy atom. The minimum atomic E-state index is -0.820. The van der Waals surface area contributed by atoms with Gasteiger partial charge in [-0.15, -0.1) is 0 Å². The number of nitrogens with two attached hydrogens (primary N) is 1. The maximum Gasteiger partial charge on any atom is 0.318 e. The molecule has 5 nitrogen and oxygen atoms in total. The van der Waals surface area contributed by atoms with E-state index in [1.165, 1.54) is 16.3 Å². The number of nitrogens with zero attached hydrogens (tertiary/aromatic N) is 1. The summed E-state index contributed by atoms with van der Waals surface area (Å²) < 4.78 is 0. The van der Waals surface area contributed by atoms with Gasteiger partial charge in [-0.3, -0.25) is 15.0 Å². The largest absolute Gasteiger partial charge is 0.351 e. The second-order valence-electron chi connectivity index (χ2n) is 5.40. The van der Waals surface area contributed by atoms with Crippen molar-refractivity contribution in [3.8, 4) is 0 Å². The number of amides is 3. The summed E-state index contributed by atoms with van der Waals surface area (Å²) in [5, 5.41) is 4.55. The first kappa shape index (κ1) is 16.0. The van der Waals surface area contributed by atoms with E-state index < -0.39 is 12.1 Å². The van der Waals surface area contributed by atoms with Gasteiger partial charge in [0, 0.05) is 6.54 Å². The minimum absolute atomic E-state index is 0.382. The van der Waals surface area contributed by atoms with Crippen LogP contribution in [0.15, 0.2) is 42.5 Å². The van der Waals surface area contributed by atoms with E-state index in [2.05, 4.69) is 29.6 Å². The first-order valence-electron chi connectivity index (χ1n) is 7.26. The molecule has 116 valence electrons. The lowest BCUT2D eigenvalue weighted by Crippen LogP contribution is -2.47. The molecule has 22 heavy (non-hydrogen) atoms. The number of fused-ring (bicyclic) bond motifs is 1. The monoisotopic (exact) mass is 299 g/mol. The summed E-state index contributed by atoms with van der Waals surface area (Å²) in [5.41, 5.74) is 6.21. The smallest absolute Gasteiger partial charge is 0.318 e. The first-order valence-corrected chi connectivity index (χ1v) is 7.26. The van der Waals surface area contributed by atoms with Crippen molar-refractivity contribution in [1.82, 2.24) is 10.2 Å². The highest BCUT2D eigenvalue weighted by Crippen LogP contribution is 2.19. The molecule has 2 aromatic carbocycles. The lowest BCUT2D eigenvalue weighted by Gasteiger charge is -2.23. The number of hydrogen-bond donors (Lipinski definition) is 2. The summed E-state index contributed by atoms with van der Waals surface area (Å²) in [5.74, 6) is -0.382. The highest BCUT2D eigenvalue weighted by molar-refractivity contribution is 5.96. The number of rotatable bonds is 5. The van der Waals surface area contributed by atoms with E-state index in [1.54, 1.807) is 6.92 Å². The zero-order valence-corrected chi connectivity index (χ0v) is 12.9. The molecule has 2 rings (SSSR count). The van der Waals surface area contributed by atoms with Crippen molar-refractivity contribution in [2.75, 3.05) is 13.6 Å². The number of nitrogens with one attached hydrogen (secondary N) is 1. The van der Waals surface area contributed by atoms with Gasteiger partial charge in [-0.1, -0.05) is 42.5 Å². The molecule has 3 amide bonds. The van der Waals surface area contributed by atoms with Crippen LogP contribution in [0.3, 0.4) is 0 Å². The number of carbonyl (C=O) groups excluding carboxylic acids is 2. The van der Waals surface area contributed by atoms with Crippen molar-refractivity contribution in [3.05, 3.63) is 48.0 Å². The Morgan fingerprint density at radius 2 is 1.86 bits per heavy atom. The van der Waals surface area contributed by atoms with Crippen molar-refractivity contribution in [2.24, 2.45) is 5.73 Å². The summed E-state index contributed by atoms with van der Waals surface area (Å²) in [6, 6.07) is 13.2. The van der Waals surface area contributed by atoms with Crippen LogP contribution in [0.25, 0.3) is 10.8 Å². The molecule has 0 heterocycles. The minimum Gasteiger partial charge on any atom is -0.351 e. The van der Waals surface area contributed by atoms with E-state index >= 15 is 0 Å². The highest BCUT2D eigenvalue weighted by Gasteiger charge is 2.19. The lowest BCUT2D eigenvalue weighted by atomic mass is 10.0. The summed E-state index contributed by atoms with van der Waals surface area (Å²) in [6.07, 6.45) is 0.825. The molecule has 0 aliphatic carbocycles. The fraction of sp³-hybridized carbons (Fsp3) is 0.294. The zero-order chi connectivity index (χ0) is 16.1. The van der Waals surface area contributed by atoms with Crippen LogP contribution in [0.2, 0.25) is 0 Å². The Labute approximate surface area is 130 Å². The van der Waals surface area contributed by atoms with E-state index in [9.17, 15) is 9.59 Å². The molecule has 0 saturated heterocycles. The average Bonchev–Trinajstić information content (AvgIpc) is 2.51. The molecule has 0 aliphatic heterocycles. The number of primary amides is 1. The van der Waals surface area contributed by atoms with Gasteiger partial charge in [0.05, 0.1) is 6.04 Å². The first-order chi connectivity index (χ1) is 10.5. The van der Waals surface area contributed by atoms with E-state index in [1.807, 2.05) is 30.1 Å². The fourth-order valence-electron chi connectivity index (χ4n) is 2.43. The number of hydrogen-bond acceptors (Lipinski definition) is 3. The molecule has 0 unspecified atom stereocenters. The molecule has 2 aromatic rings. The standard InChI is InChI=1S/C17H21N3O2/c1-12(16(21)19-17(18)22)20(2)11-10-14-8-5-7-13-6-3-4-9-15(13)14/h3-9,12H,10-11H2,1-2H3,(H3,18,19,21,22)/t12-/m0/s1. The Bertz CT molecular complexity index is 679. The van der Waals surface area contributed by atoms with Crippen molar-refractivity contribution in [3.63, 3.8) is 0 Å². The van der Waals surface area contributed by atoms with Crippen LogP contribution in [0.5, 0.6) is 0 Å². The number of benzene rings is 2. The van der Waals surface area contributed by atoms with E-state index in [4.69, 9.17) is 5.73 Å². The summed E-state index contributed by atoms with van der Waals surface area (Å²) in [7, 11) is 1.86. The molecule has 0 fully saturated rings. The molecule has 3 N–H and O–H groups in total. The van der Waals surface area contributed by atoms with Gasteiger partial charge in [0.2, 0.25) is 5.91 Å². The quantitative estimate of drug-likeness (QED) is 0.885. The fourth-order valence-corrected chi connectivity index (χ4v) is 2.43. The number of imide groups is 1. The Balaban J connectivity index is 2.02. The molecule has 1 atom stereocenters. The molecule has 0 spiro atoms. The normalized spacial score (nSPS) is 12.3. The van der Waals surface area contributed by atoms with Gasteiger partial charge >= 0.3 is 6.03 Å². The van der Waals surface area contributed by atoms with Crippen LogP contribution in [0, 0.1) is 0 Å². The maximum atomic E-state index is 11.8. The van der Waals surface area contributed by atoms with E-state index in [-0.39, 0.29) is 5.91 Å². The molecule has 5 heteroatoms. The predicted molar refractivity (Wildman–Crippen MR) is 87.5 cm³/mol. The number of likely N-dealkylation sites (N-methyl/N-ethyl adjacent to an activating group) is 1. The van der Waals surface area contributed by atoms with Crippen molar-refractivity contribution in [1.29, 1.82) is 0 Å². The molecule has 0 radical (unpaired) electrons. The van der Waals surface area contributed by atoms with Crippen LogP contribution in [0.4, 0.5) is 4.79 Å². The summed E-state index contributed by atoms with van der Waals surface area (Å²) >= 11 is 0. The van der Waals surface area contributed by atoms with Gasteiger partial charge in [-0.25, -0.2) is 4.79 Å². The Hall–Kier alpha value is -2.40. The topological polar surface area (TPSA) is 75.4 Å². The molecule has 0 saturated carbocycles. The van der Waals surface area contributed by atoms with E-state index in [0.717, 1.165) is 6.42 Å². The van der Waals surface area contributed by atoms with Gasteiger partial charge < -0.3 is 5.73 Å². The molecular weight excluding hydrogens is 278 g/mol. The molecule has 0 aliphatic rings. The van der Waals surface area contributed by atoms with Gasteiger partial charge in [-0.2, -0.15) is 0 Å². The molecular formula is C17H21N3O2. The molecule has 0 aromatic heterocycles. The van der Waals surface area contributed by atoms with Crippen LogP contribution < -0.4 is 11.1 Å². The second kappa shape index (κ2) is 7.04. The summed E-state index contributed by atoms with van der Waals surface area (Å²) in [6.45, 7) is 2.46. The van der Waals surface area contributed by atoms with Crippen LogP contribution >= 0.6 is 0 Å². The third-order valence-electron chi connectivity index (χ3n) is 3.90. The molecule has 0 bridgehead atoms. The SMILES string of the molecule is C[C@@H](C(=O)NC(N)=O)N(C)CCc1cccc2ccccc12. The van der Waals surface area contributed by atoms with Crippen LogP contribution in [-0.2, 0) is 11.2 Å². The van der Waals surface area contributed by atoms with Gasteiger partial charge in [0.15, 0.2) is 0 Å². The predicted octanol–water partition coefficient (Wildman–Crippen LogP) is 1.90. The number of carbonyl (C=O) groups is 2. The Morgan fingerprint density at radius 1 is 1.18 bits per heavy atom. The van der Waals surface area contributed by atoms with Crippen LogP contribution in [-0.4, -0.2) is 36.5 Å². The zero-order valence-electron chi connectivity index (χ0n) is 12.9. The number of urea groups is 1. The maximum absolute atomic E-state index is 11.8. The second-order valence-corrected chi connectivity index (χ2v) is 5.40. The lowest BCUT2D eigenvalue weighted by molar-refractivity contribution is -0.124.